The van der Waals surface area contributed by atoms with Crippen molar-refractivity contribution in [3.63, 3.8) is 0 Å². The Morgan fingerprint density at radius 2 is 1.93 bits per heavy atom. The Morgan fingerprint density at radius 3 is 2.73 bits per heavy atom. The summed E-state index contributed by atoms with van der Waals surface area (Å²) in [6.45, 7) is 1.26. The Hall–Kier alpha value is -3.72. The van der Waals surface area contributed by atoms with Crippen LogP contribution in [0.1, 0.15) is 44.1 Å². The molecule has 0 bridgehead atoms. The van der Waals surface area contributed by atoms with Crippen molar-refractivity contribution in [1.82, 2.24) is 14.5 Å². The second-order valence-electron chi connectivity index (χ2n) is 11.0. The number of hydrogen-bond donors (Lipinski definition) is 0. The number of likely N-dealkylation sites (tertiary alicyclic amines) is 1. The predicted molar refractivity (Wildman–Crippen MR) is 148 cm³/mol. The lowest BCUT2D eigenvalue weighted by atomic mass is 9.87. The summed E-state index contributed by atoms with van der Waals surface area (Å²) >= 11 is 0. The number of carbonyl (C=O) groups excluding carboxylic acids is 2. The molecule has 6 rings (SSSR count). The number of halogens is 1. The highest BCUT2D eigenvalue weighted by molar-refractivity contribution is 5.95. The molecular formula is C31H34FN3O5. The molecule has 40 heavy (non-hydrogen) atoms. The zero-order valence-corrected chi connectivity index (χ0v) is 22.9. The van der Waals surface area contributed by atoms with Gasteiger partial charge in [0, 0.05) is 25.2 Å². The molecule has 1 aliphatic heterocycles. The van der Waals surface area contributed by atoms with Gasteiger partial charge in [0.2, 0.25) is 11.8 Å². The van der Waals surface area contributed by atoms with E-state index in [4.69, 9.17) is 13.9 Å². The zero-order chi connectivity index (χ0) is 27.8. The van der Waals surface area contributed by atoms with Crippen molar-refractivity contribution < 1.29 is 27.9 Å². The molecule has 3 heterocycles. The number of hydrogen-bond acceptors (Lipinski definition) is 6. The summed E-state index contributed by atoms with van der Waals surface area (Å²) in [7, 11) is 3.30. The first-order chi connectivity index (χ1) is 19.4. The SMILES string of the molecule is COC(=O)C1CCC(OC[C@@H]2CCCN2C(=O)Cc2ccc3nc(-c4cn(C)c5cc(F)ccc45)oc3c2)CC1. The molecule has 2 aliphatic rings. The van der Waals surface area contributed by atoms with Gasteiger partial charge in [-0.3, -0.25) is 9.59 Å². The smallest absolute Gasteiger partial charge is 0.308 e. The Morgan fingerprint density at radius 1 is 1.10 bits per heavy atom. The summed E-state index contributed by atoms with van der Waals surface area (Å²) in [5.41, 5.74) is 3.75. The molecule has 2 aromatic carbocycles. The quantitative estimate of drug-likeness (QED) is 0.288. The van der Waals surface area contributed by atoms with E-state index in [2.05, 4.69) is 4.98 Å². The fraction of sp³-hybridized carbons (Fsp3) is 0.452. The van der Waals surface area contributed by atoms with Gasteiger partial charge in [0.25, 0.3) is 0 Å². The van der Waals surface area contributed by atoms with E-state index in [1.807, 2.05) is 40.9 Å². The van der Waals surface area contributed by atoms with E-state index in [9.17, 15) is 14.0 Å². The minimum absolute atomic E-state index is 0.0243. The third kappa shape index (κ3) is 5.22. The highest BCUT2D eigenvalue weighted by Gasteiger charge is 2.32. The summed E-state index contributed by atoms with van der Waals surface area (Å²) in [6, 6.07) is 10.4. The second-order valence-corrected chi connectivity index (χ2v) is 11.0. The molecule has 0 radical (unpaired) electrons. The van der Waals surface area contributed by atoms with E-state index in [0.29, 0.717) is 23.6 Å². The van der Waals surface area contributed by atoms with E-state index in [0.717, 1.165) is 67.1 Å². The van der Waals surface area contributed by atoms with Crippen molar-refractivity contribution in [2.24, 2.45) is 13.0 Å². The van der Waals surface area contributed by atoms with Crippen molar-refractivity contribution in [2.75, 3.05) is 20.3 Å². The summed E-state index contributed by atoms with van der Waals surface area (Å²) < 4.78 is 32.8. The molecule has 1 amide bonds. The number of fused-ring (bicyclic) bond motifs is 2. The van der Waals surface area contributed by atoms with E-state index in [1.165, 1.54) is 19.2 Å². The molecule has 2 aromatic heterocycles. The first kappa shape index (κ1) is 26.5. The fourth-order valence-corrected chi connectivity index (χ4v) is 6.21. The lowest BCUT2D eigenvalue weighted by Crippen LogP contribution is -2.40. The van der Waals surface area contributed by atoms with Gasteiger partial charge in [-0.25, -0.2) is 9.37 Å². The molecule has 1 saturated carbocycles. The van der Waals surface area contributed by atoms with E-state index < -0.39 is 0 Å². The molecule has 4 aromatic rings. The number of nitrogens with zero attached hydrogens (tertiary/aromatic N) is 3. The molecule has 0 spiro atoms. The van der Waals surface area contributed by atoms with Crippen molar-refractivity contribution in [3.8, 4) is 11.5 Å². The molecule has 9 heteroatoms. The minimum atomic E-state index is -0.290. The number of benzene rings is 2. The third-order valence-corrected chi connectivity index (χ3v) is 8.42. The summed E-state index contributed by atoms with van der Waals surface area (Å²) in [4.78, 5) is 31.7. The average Bonchev–Trinajstić information content (AvgIpc) is 3.68. The number of carbonyl (C=O) groups is 2. The predicted octanol–water partition coefficient (Wildman–Crippen LogP) is 5.41. The average molecular weight is 548 g/mol. The number of aromatic nitrogens is 2. The van der Waals surface area contributed by atoms with Crippen LogP contribution in [0.25, 0.3) is 33.5 Å². The first-order valence-corrected chi connectivity index (χ1v) is 14.0. The van der Waals surface area contributed by atoms with Crippen molar-refractivity contribution in [2.45, 2.75) is 57.1 Å². The van der Waals surface area contributed by atoms with Crippen LogP contribution in [0.4, 0.5) is 4.39 Å². The number of rotatable bonds is 7. The maximum Gasteiger partial charge on any atom is 0.308 e. The first-order valence-electron chi connectivity index (χ1n) is 14.0. The van der Waals surface area contributed by atoms with E-state index in [1.54, 1.807) is 6.07 Å². The normalized spacial score (nSPS) is 21.4. The number of methoxy groups -OCH3 is 1. The van der Waals surface area contributed by atoms with Crippen LogP contribution in [-0.4, -0.2) is 58.7 Å². The highest BCUT2D eigenvalue weighted by Crippen LogP contribution is 2.33. The molecule has 8 nitrogen and oxygen atoms in total. The third-order valence-electron chi connectivity index (χ3n) is 8.42. The number of aryl methyl sites for hydroxylation is 1. The van der Waals surface area contributed by atoms with Gasteiger partial charge in [-0.1, -0.05) is 6.07 Å². The summed E-state index contributed by atoms with van der Waals surface area (Å²) in [5, 5.41) is 0.865. The zero-order valence-electron chi connectivity index (χ0n) is 22.9. The molecule has 0 N–H and O–H groups in total. The standard InChI is InChI=1S/C31H34FN3O5/c1-34-17-25(24-11-8-21(32)16-27(24)34)30-33-26-12-5-19(14-28(26)40-30)15-29(36)35-13-3-4-22(35)18-39-23-9-6-20(7-10-23)31(37)38-2/h5,8,11-12,14,16-17,20,22-23H,3-4,6-7,9-10,13,15,18H2,1-2H3/t20?,22-,23?/m0/s1. The molecule has 1 aliphatic carbocycles. The van der Waals surface area contributed by atoms with Crippen LogP contribution in [0.5, 0.6) is 0 Å². The fourth-order valence-electron chi connectivity index (χ4n) is 6.21. The van der Waals surface area contributed by atoms with Crippen LogP contribution in [0, 0.1) is 11.7 Å². The molecule has 1 atom stereocenters. The molecule has 2 fully saturated rings. The molecule has 0 unspecified atom stereocenters. The maximum absolute atomic E-state index is 13.8. The van der Waals surface area contributed by atoms with Crippen LogP contribution >= 0.6 is 0 Å². The van der Waals surface area contributed by atoms with Crippen LogP contribution in [0.2, 0.25) is 0 Å². The van der Waals surface area contributed by atoms with E-state index >= 15 is 0 Å². The topological polar surface area (TPSA) is 86.8 Å². The van der Waals surface area contributed by atoms with Crippen LogP contribution < -0.4 is 0 Å². The van der Waals surface area contributed by atoms with Gasteiger partial charge >= 0.3 is 5.97 Å². The summed E-state index contributed by atoms with van der Waals surface area (Å²) in [6.07, 6.45) is 7.45. The number of oxazole rings is 1. The highest BCUT2D eigenvalue weighted by atomic mass is 19.1. The van der Waals surface area contributed by atoms with Gasteiger partial charge in [-0.15, -0.1) is 0 Å². The van der Waals surface area contributed by atoms with E-state index in [-0.39, 0.29) is 42.2 Å². The van der Waals surface area contributed by atoms with Gasteiger partial charge in [-0.2, -0.15) is 0 Å². The second kappa shape index (κ2) is 11.0. The number of ether oxygens (including phenoxy) is 2. The minimum Gasteiger partial charge on any atom is -0.469 e. The number of esters is 1. The van der Waals surface area contributed by atoms with Crippen molar-refractivity contribution in [1.29, 1.82) is 0 Å². The van der Waals surface area contributed by atoms with Crippen molar-refractivity contribution in [3.05, 3.63) is 54.0 Å². The monoisotopic (exact) mass is 547 g/mol. The number of amides is 1. The molecular weight excluding hydrogens is 513 g/mol. The van der Waals surface area contributed by atoms with Crippen molar-refractivity contribution >= 4 is 33.9 Å². The Balaban J connectivity index is 1.10. The lowest BCUT2D eigenvalue weighted by Gasteiger charge is -2.30. The maximum atomic E-state index is 13.8. The van der Waals surface area contributed by atoms with Gasteiger partial charge < -0.3 is 23.4 Å². The Bertz CT molecular complexity index is 1550. The lowest BCUT2D eigenvalue weighted by molar-refractivity contribution is -0.148. The van der Waals surface area contributed by atoms with Gasteiger partial charge in [-0.05, 0) is 74.4 Å². The van der Waals surface area contributed by atoms with Crippen LogP contribution in [0.15, 0.2) is 47.0 Å². The molecule has 210 valence electrons. The van der Waals surface area contributed by atoms with Crippen LogP contribution in [0.3, 0.4) is 0 Å². The van der Waals surface area contributed by atoms with Gasteiger partial charge in [0.05, 0.1) is 49.3 Å². The largest absolute Gasteiger partial charge is 0.469 e. The summed E-state index contributed by atoms with van der Waals surface area (Å²) in [5.74, 6) is 0.102. The molecule has 1 saturated heterocycles. The van der Waals surface area contributed by atoms with Gasteiger partial charge in [0.15, 0.2) is 5.58 Å². The van der Waals surface area contributed by atoms with Crippen LogP contribution in [-0.2, 0) is 32.5 Å². The van der Waals surface area contributed by atoms with Gasteiger partial charge in [0.1, 0.15) is 11.3 Å². The Kier molecular flexibility index (Phi) is 7.31. The Labute approximate surface area is 232 Å².